The van der Waals surface area contributed by atoms with Crippen LogP contribution in [-0.4, -0.2) is 36.4 Å². The molecule has 0 amide bonds. The van der Waals surface area contributed by atoms with Crippen molar-refractivity contribution < 1.29 is 23.9 Å². The number of hydrogen-bond donors (Lipinski definition) is 0. The average Bonchev–Trinajstić information content (AvgIpc) is 2.63. The van der Waals surface area contributed by atoms with E-state index in [0.717, 1.165) is 0 Å². The van der Waals surface area contributed by atoms with Gasteiger partial charge in [0, 0.05) is 17.7 Å². The number of carbonyl (C=O) groups is 3. The molecular weight excluding hydrogens is 248 g/mol. The molecule has 5 heteroatoms. The Bertz CT molecular complexity index is 512. The third-order valence-corrected chi connectivity index (χ3v) is 2.98. The van der Waals surface area contributed by atoms with E-state index in [1.165, 1.54) is 12.1 Å². The molecule has 1 aromatic carbocycles. The number of ether oxygens (including phenoxy) is 2. The lowest BCUT2D eigenvalue weighted by atomic mass is 9.97. The van der Waals surface area contributed by atoms with Gasteiger partial charge in [-0.25, -0.2) is 4.79 Å². The van der Waals surface area contributed by atoms with Crippen molar-refractivity contribution in [1.29, 1.82) is 0 Å². The second-order valence-corrected chi connectivity index (χ2v) is 4.04. The number of benzene rings is 1. The molecule has 0 fully saturated rings. The van der Waals surface area contributed by atoms with Gasteiger partial charge in [-0.15, -0.1) is 0 Å². The maximum atomic E-state index is 12.4. The van der Waals surface area contributed by atoms with Crippen LogP contribution < -0.4 is 0 Å². The first-order valence-electron chi connectivity index (χ1n) is 6.09. The van der Waals surface area contributed by atoms with E-state index < -0.39 is 23.1 Å². The molecule has 0 saturated carbocycles. The molecule has 0 saturated heterocycles. The lowest BCUT2D eigenvalue weighted by molar-refractivity contribution is -0.159. The number of carbonyl (C=O) groups excluding carboxylic acids is 3. The molecule has 0 spiro atoms. The fraction of sp³-hybridized carbons (Fsp3) is 0.357. The fourth-order valence-corrected chi connectivity index (χ4v) is 2.19. The van der Waals surface area contributed by atoms with Gasteiger partial charge in [0.25, 0.3) is 5.60 Å². The van der Waals surface area contributed by atoms with Gasteiger partial charge in [0.1, 0.15) is 0 Å². The summed E-state index contributed by atoms with van der Waals surface area (Å²) in [5.74, 6) is -2.23. The second-order valence-electron chi connectivity index (χ2n) is 4.04. The summed E-state index contributed by atoms with van der Waals surface area (Å²) in [6.45, 7) is 3.36. The zero-order chi connectivity index (χ0) is 14.0. The number of rotatable bonds is 4. The van der Waals surface area contributed by atoms with E-state index >= 15 is 0 Å². The van der Waals surface area contributed by atoms with E-state index in [-0.39, 0.29) is 24.3 Å². The van der Waals surface area contributed by atoms with Gasteiger partial charge in [-0.3, -0.25) is 9.59 Å². The van der Waals surface area contributed by atoms with Gasteiger partial charge < -0.3 is 9.47 Å². The summed E-state index contributed by atoms with van der Waals surface area (Å²) < 4.78 is 10.1. The average molecular weight is 262 g/mol. The minimum Gasteiger partial charge on any atom is -0.463 e. The summed E-state index contributed by atoms with van der Waals surface area (Å²) in [5, 5.41) is 0. The minimum absolute atomic E-state index is 0.0598. The largest absolute Gasteiger partial charge is 0.463 e. The van der Waals surface area contributed by atoms with E-state index in [4.69, 9.17) is 9.47 Å². The van der Waals surface area contributed by atoms with Crippen molar-refractivity contribution in [2.45, 2.75) is 19.4 Å². The summed E-state index contributed by atoms with van der Waals surface area (Å²) in [5.41, 5.74) is -1.75. The highest BCUT2D eigenvalue weighted by molar-refractivity contribution is 6.41. The summed E-state index contributed by atoms with van der Waals surface area (Å²) in [4.78, 5) is 36.8. The smallest absolute Gasteiger partial charge is 0.355 e. The first kappa shape index (κ1) is 13.4. The Hall–Kier alpha value is -2.01. The maximum absolute atomic E-state index is 12.4. The summed E-state index contributed by atoms with van der Waals surface area (Å²) in [7, 11) is 0. The van der Waals surface area contributed by atoms with Crippen molar-refractivity contribution in [3.63, 3.8) is 0 Å². The number of hydrogen-bond acceptors (Lipinski definition) is 5. The predicted octanol–water partition coefficient (Wildman–Crippen LogP) is 1.40. The van der Waals surface area contributed by atoms with Crippen LogP contribution in [-0.2, 0) is 14.3 Å². The quantitative estimate of drug-likeness (QED) is 0.606. The third kappa shape index (κ3) is 1.77. The van der Waals surface area contributed by atoms with Crippen LogP contribution in [0, 0.1) is 0 Å². The van der Waals surface area contributed by atoms with Crippen LogP contribution in [0.3, 0.4) is 0 Å². The molecule has 5 nitrogen and oxygen atoms in total. The van der Waals surface area contributed by atoms with E-state index in [2.05, 4.69) is 0 Å². The molecule has 0 unspecified atom stereocenters. The topological polar surface area (TPSA) is 69.7 Å². The predicted molar refractivity (Wildman–Crippen MR) is 66.1 cm³/mol. The van der Waals surface area contributed by atoms with Gasteiger partial charge in [-0.1, -0.05) is 24.3 Å². The molecule has 0 radical (unpaired) electrons. The monoisotopic (exact) mass is 262 g/mol. The Labute approximate surface area is 110 Å². The zero-order valence-electron chi connectivity index (χ0n) is 10.8. The molecule has 100 valence electrons. The summed E-state index contributed by atoms with van der Waals surface area (Å²) in [6.07, 6.45) is 0. The maximum Gasteiger partial charge on any atom is 0.355 e. The van der Waals surface area contributed by atoms with Crippen LogP contribution in [0.25, 0.3) is 0 Å². The Kier molecular flexibility index (Phi) is 3.48. The zero-order valence-corrected chi connectivity index (χ0v) is 10.8. The first-order chi connectivity index (χ1) is 9.09. The first-order valence-corrected chi connectivity index (χ1v) is 6.09. The van der Waals surface area contributed by atoms with Gasteiger partial charge in [0.2, 0.25) is 11.6 Å². The van der Waals surface area contributed by atoms with Crippen LogP contribution >= 0.6 is 0 Å². The molecular formula is C14H14O5. The molecule has 1 aliphatic carbocycles. The second kappa shape index (κ2) is 4.93. The molecule has 0 N–H and O–H groups in total. The molecule has 1 aromatic rings. The van der Waals surface area contributed by atoms with Gasteiger partial charge in [0.15, 0.2) is 0 Å². The lowest BCUT2D eigenvalue weighted by Crippen LogP contribution is -2.52. The van der Waals surface area contributed by atoms with Crippen molar-refractivity contribution in [2.75, 3.05) is 13.2 Å². The van der Waals surface area contributed by atoms with Crippen molar-refractivity contribution in [3.8, 4) is 0 Å². The van der Waals surface area contributed by atoms with Crippen LogP contribution in [0.2, 0.25) is 0 Å². The number of esters is 1. The van der Waals surface area contributed by atoms with Gasteiger partial charge >= 0.3 is 5.97 Å². The molecule has 19 heavy (non-hydrogen) atoms. The van der Waals surface area contributed by atoms with E-state index in [1.807, 2.05) is 0 Å². The highest BCUT2D eigenvalue weighted by Gasteiger charge is 2.61. The summed E-state index contributed by atoms with van der Waals surface area (Å²) in [6, 6.07) is 6.29. The van der Waals surface area contributed by atoms with E-state index in [0.29, 0.717) is 0 Å². The number of fused-ring (bicyclic) bond motifs is 1. The molecule has 2 rings (SSSR count). The van der Waals surface area contributed by atoms with Gasteiger partial charge in [-0.05, 0) is 13.8 Å². The Morgan fingerprint density at radius 2 is 1.58 bits per heavy atom. The van der Waals surface area contributed by atoms with Crippen molar-refractivity contribution >= 4 is 17.5 Å². The number of ketones is 2. The molecule has 0 bridgehead atoms. The summed E-state index contributed by atoms with van der Waals surface area (Å²) >= 11 is 0. The van der Waals surface area contributed by atoms with Crippen LogP contribution in [0.15, 0.2) is 24.3 Å². The lowest BCUT2D eigenvalue weighted by Gasteiger charge is -2.22. The van der Waals surface area contributed by atoms with Crippen LogP contribution in [0.1, 0.15) is 34.6 Å². The standard InChI is InChI=1S/C14H14O5/c1-3-18-13(17)14(19-4-2)11(15)9-7-5-6-8-10(9)12(14)16/h5-8H,3-4H2,1-2H3. The highest BCUT2D eigenvalue weighted by Crippen LogP contribution is 2.34. The SMILES string of the molecule is CCOC(=O)C1(OCC)C(=O)c2ccccc2C1=O. The van der Waals surface area contributed by atoms with Gasteiger partial charge in [0.05, 0.1) is 6.61 Å². The third-order valence-electron chi connectivity index (χ3n) is 2.98. The van der Waals surface area contributed by atoms with Crippen molar-refractivity contribution in [3.05, 3.63) is 35.4 Å². The molecule has 0 aromatic heterocycles. The van der Waals surface area contributed by atoms with E-state index in [1.54, 1.807) is 26.0 Å². The van der Waals surface area contributed by atoms with Gasteiger partial charge in [-0.2, -0.15) is 0 Å². The number of Topliss-reactive ketones (excluding diaryl/α,β-unsaturated/α-hetero) is 2. The molecule has 0 atom stereocenters. The van der Waals surface area contributed by atoms with Crippen molar-refractivity contribution in [1.82, 2.24) is 0 Å². The highest BCUT2D eigenvalue weighted by atomic mass is 16.6. The van der Waals surface area contributed by atoms with Crippen LogP contribution in [0.4, 0.5) is 0 Å². The fourth-order valence-electron chi connectivity index (χ4n) is 2.19. The Morgan fingerprint density at radius 1 is 1.05 bits per heavy atom. The van der Waals surface area contributed by atoms with Crippen LogP contribution in [0.5, 0.6) is 0 Å². The minimum atomic E-state index is -2.16. The Morgan fingerprint density at radius 3 is 2.00 bits per heavy atom. The Balaban J connectivity index is 2.56. The normalized spacial score (nSPS) is 16.3. The molecule has 0 heterocycles. The molecule has 0 aliphatic heterocycles. The molecule has 1 aliphatic rings. The van der Waals surface area contributed by atoms with E-state index in [9.17, 15) is 14.4 Å². The van der Waals surface area contributed by atoms with Crippen molar-refractivity contribution in [2.24, 2.45) is 0 Å².